The Labute approximate surface area is 205 Å². The molecule has 0 spiro atoms. The summed E-state index contributed by atoms with van der Waals surface area (Å²) in [6.07, 6.45) is 5.18. The van der Waals surface area contributed by atoms with Crippen molar-refractivity contribution in [1.82, 2.24) is 14.8 Å². The van der Waals surface area contributed by atoms with Gasteiger partial charge in [-0.05, 0) is 30.5 Å². The molecular weight excluding hydrogens is 484 g/mol. The van der Waals surface area contributed by atoms with E-state index in [0.29, 0.717) is 24.4 Å². The van der Waals surface area contributed by atoms with Crippen molar-refractivity contribution >= 4 is 40.2 Å². The van der Waals surface area contributed by atoms with Gasteiger partial charge in [0.15, 0.2) is 5.15 Å². The van der Waals surface area contributed by atoms with Crippen molar-refractivity contribution in [1.29, 1.82) is 0 Å². The molecule has 0 atom stereocenters. The van der Waals surface area contributed by atoms with Gasteiger partial charge in [-0.3, -0.25) is 9.78 Å². The third-order valence-corrected chi connectivity index (χ3v) is 6.70. The summed E-state index contributed by atoms with van der Waals surface area (Å²) < 4.78 is 27.6. The van der Waals surface area contributed by atoms with Crippen molar-refractivity contribution in [2.24, 2.45) is 11.1 Å². The van der Waals surface area contributed by atoms with E-state index in [-0.39, 0.29) is 42.8 Å². The minimum atomic E-state index is -2.59. The van der Waals surface area contributed by atoms with Crippen LogP contribution in [0.15, 0.2) is 53.4 Å². The van der Waals surface area contributed by atoms with E-state index in [9.17, 15) is 13.6 Å². The Morgan fingerprint density at radius 1 is 1.35 bits per heavy atom. The van der Waals surface area contributed by atoms with Crippen LogP contribution in [-0.2, 0) is 9.63 Å². The lowest BCUT2D eigenvalue weighted by atomic mass is 9.82. The van der Waals surface area contributed by atoms with Crippen LogP contribution in [-0.4, -0.2) is 45.5 Å². The molecule has 1 saturated carbocycles. The topological polar surface area (TPSA) is 72.6 Å². The Morgan fingerprint density at radius 2 is 2.18 bits per heavy atom. The van der Waals surface area contributed by atoms with Crippen molar-refractivity contribution in [3.63, 3.8) is 0 Å². The lowest BCUT2D eigenvalue weighted by Gasteiger charge is -2.33. The van der Waals surface area contributed by atoms with E-state index in [4.69, 9.17) is 16.4 Å². The first kappa shape index (κ1) is 24.3. The minimum Gasteiger partial charge on any atom is -0.395 e. The summed E-state index contributed by atoms with van der Waals surface area (Å²) in [6.45, 7) is 2.42. The van der Waals surface area contributed by atoms with Gasteiger partial charge in [-0.25, -0.2) is 13.5 Å². The highest BCUT2D eigenvalue weighted by Gasteiger charge is 2.45. The molecule has 7 nitrogen and oxygen atoms in total. The van der Waals surface area contributed by atoms with Gasteiger partial charge in [-0.1, -0.05) is 22.8 Å². The predicted molar refractivity (Wildman–Crippen MR) is 128 cm³/mol. The highest BCUT2D eigenvalue weighted by atomic mass is 35.5. The zero-order valence-electron chi connectivity index (χ0n) is 18.5. The van der Waals surface area contributed by atoms with E-state index in [2.05, 4.69) is 15.2 Å². The highest BCUT2D eigenvalue weighted by Crippen LogP contribution is 2.42. The first-order valence-electron chi connectivity index (χ1n) is 10.9. The van der Waals surface area contributed by atoms with E-state index in [0.717, 1.165) is 10.6 Å². The molecule has 4 rings (SSSR count). The predicted octanol–water partition coefficient (Wildman–Crippen LogP) is 5.58. The molecule has 0 N–H and O–H groups in total. The number of aromatic nitrogens is 3. The van der Waals surface area contributed by atoms with E-state index in [1.165, 1.54) is 11.3 Å². The maximum absolute atomic E-state index is 13.1. The fraction of sp³-hybridized carbons (Fsp3) is 0.391. The first-order valence-corrected chi connectivity index (χ1v) is 12.2. The fourth-order valence-electron chi connectivity index (χ4n) is 3.77. The molecule has 1 aliphatic rings. The van der Waals surface area contributed by atoms with Gasteiger partial charge in [-0.2, -0.15) is 5.10 Å². The zero-order chi connectivity index (χ0) is 24.1. The molecule has 3 aromatic heterocycles. The van der Waals surface area contributed by atoms with Crippen LogP contribution in [0.4, 0.5) is 14.5 Å². The summed E-state index contributed by atoms with van der Waals surface area (Å²) in [5.41, 5.74) is 1.85. The average Bonchev–Trinajstić information content (AvgIpc) is 3.46. The molecule has 3 heterocycles. The molecule has 1 aliphatic carbocycles. The molecule has 0 aromatic carbocycles. The average molecular weight is 508 g/mol. The second-order valence-corrected chi connectivity index (χ2v) is 9.35. The number of carbonyl (C=O) groups excluding carboxylic acids is 1. The molecule has 0 unspecified atom stereocenters. The third kappa shape index (κ3) is 5.79. The van der Waals surface area contributed by atoms with Crippen LogP contribution in [0.25, 0.3) is 5.69 Å². The number of oxime groups is 1. The van der Waals surface area contributed by atoms with Gasteiger partial charge in [0, 0.05) is 44.3 Å². The largest absolute Gasteiger partial charge is 0.395 e. The zero-order valence-corrected chi connectivity index (χ0v) is 20.1. The number of carbonyl (C=O) groups is 1. The summed E-state index contributed by atoms with van der Waals surface area (Å²) in [5, 5.41) is 10.6. The van der Waals surface area contributed by atoms with Crippen molar-refractivity contribution in [3.8, 4) is 5.69 Å². The maximum Gasteiger partial charge on any atom is 0.248 e. The van der Waals surface area contributed by atoms with Gasteiger partial charge in [-0.15, -0.1) is 11.3 Å². The van der Waals surface area contributed by atoms with Crippen LogP contribution in [0.2, 0.25) is 5.15 Å². The van der Waals surface area contributed by atoms with Gasteiger partial charge in [0.25, 0.3) is 0 Å². The molecule has 1 fully saturated rings. The van der Waals surface area contributed by atoms with Gasteiger partial charge >= 0.3 is 0 Å². The number of thiophene rings is 1. The Balaban J connectivity index is 1.41. The third-order valence-electron chi connectivity index (χ3n) is 5.51. The summed E-state index contributed by atoms with van der Waals surface area (Å²) in [7, 11) is 0. The SMILES string of the molecule is CCN(C(=O)CC/C(=N/OCC1CC(F)(F)C1)c1cccs1)c1cn(-c2cccnc2)nc1Cl. The van der Waals surface area contributed by atoms with Crippen molar-refractivity contribution in [2.75, 3.05) is 18.1 Å². The van der Waals surface area contributed by atoms with Crippen LogP contribution < -0.4 is 4.90 Å². The number of nitrogens with zero attached hydrogens (tertiary/aromatic N) is 5. The summed E-state index contributed by atoms with van der Waals surface area (Å²) in [5.74, 6) is -2.92. The maximum atomic E-state index is 13.1. The Hall–Kier alpha value is -2.85. The van der Waals surface area contributed by atoms with E-state index < -0.39 is 5.92 Å². The Morgan fingerprint density at radius 3 is 2.82 bits per heavy atom. The molecule has 0 bridgehead atoms. The number of alkyl halides is 2. The smallest absolute Gasteiger partial charge is 0.248 e. The van der Waals surface area contributed by atoms with Gasteiger partial charge < -0.3 is 9.74 Å². The molecule has 34 heavy (non-hydrogen) atoms. The number of anilines is 1. The van der Waals surface area contributed by atoms with Crippen molar-refractivity contribution in [2.45, 2.75) is 38.5 Å². The van der Waals surface area contributed by atoms with Crippen LogP contribution in [0, 0.1) is 5.92 Å². The number of hydrogen-bond donors (Lipinski definition) is 0. The van der Waals surface area contributed by atoms with E-state index in [1.54, 1.807) is 34.2 Å². The number of halogens is 3. The second-order valence-electron chi connectivity index (χ2n) is 8.04. The number of pyridine rings is 1. The molecule has 3 aromatic rings. The Kier molecular flexibility index (Phi) is 7.57. The van der Waals surface area contributed by atoms with Gasteiger partial charge in [0.2, 0.25) is 11.8 Å². The molecular formula is C23H24ClF2N5O2S. The van der Waals surface area contributed by atoms with Crippen LogP contribution >= 0.6 is 22.9 Å². The molecule has 0 saturated heterocycles. The summed E-state index contributed by atoms with van der Waals surface area (Å²) in [4.78, 5) is 25.0. The number of amides is 1. The quantitative estimate of drug-likeness (QED) is 0.265. The Bertz CT molecular complexity index is 1130. The van der Waals surface area contributed by atoms with E-state index >= 15 is 0 Å². The molecule has 0 aliphatic heterocycles. The summed E-state index contributed by atoms with van der Waals surface area (Å²) >= 11 is 7.83. The van der Waals surface area contributed by atoms with E-state index in [1.807, 2.05) is 30.5 Å². The minimum absolute atomic E-state index is 0.141. The normalized spacial score (nSPS) is 15.7. The summed E-state index contributed by atoms with van der Waals surface area (Å²) in [6, 6.07) is 7.40. The van der Waals surface area contributed by atoms with Gasteiger partial charge in [0.1, 0.15) is 12.3 Å². The van der Waals surface area contributed by atoms with Crippen LogP contribution in [0.3, 0.4) is 0 Å². The van der Waals surface area contributed by atoms with Crippen molar-refractivity contribution in [3.05, 3.63) is 58.3 Å². The number of hydrogen-bond acceptors (Lipinski definition) is 6. The van der Waals surface area contributed by atoms with Crippen LogP contribution in [0.5, 0.6) is 0 Å². The number of rotatable bonds is 10. The lowest BCUT2D eigenvalue weighted by Crippen LogP contribution is -2.37. The standard InChI is InChI=1S/C23H24ClF2N5O2S/c1-2-30(19-14-31(28-22(19)24)17-5-3-9-27-13-17)21(32)8-7-18(20-6-4-10-34-20)29-33-15-16-11-23(25,26)12-16/h3-6,9-10,13-14,16H,2,7-8,11-12,15H2,1H3/b29-18-. The van der Waals surface area contributed by atoms with Crippen LogP contribution in [0.1, 0.15) is 37.5 Å². The lowest BCUT2D eigenvalue weighted by molar-refractivity contribution is -0.128. The molecule has 0 radical (unpaired) electrons. The van der Waals surface area contributed by atoms with Crippen molar-refractivity contribution < 1.29 is 18.4 Å². The monoisotopic (exact) mass is 507 g/mol. The molecule has 1 amide bonds. The van der Waals surface area contributed by atoms with Gasteiger partial charge in [0.05, 0.1) is 28.7 Å². The highest BCUT2D eigenvalue weighted by molar-refractivity contribution is 7.12. The molecule has 180 valence electrons. The first-order chi connectivity index (χ1) is 16.4. The molecule has 11 heteroatoms. The fourth-order valence-corrected chi connectivity index (χ4v) is 4.74. The second kappa shape index (κ2) is 10.6.